The van der Waals surface area contributed by atoms with Crippen LogP contribution in [0.3, 0.4) is 0 Å². The highest BCUT2D eigenvalue weighted by atomic mass is 79.9. The van der Waals surface area contributed by atoms with E-state index >= 15 is 0 Å². The summed E-state index contributed by atoms with van der Waals surface area (Å²) >= 11 is 9.19. The van der Waals surface area contributed by atoms with Crippen LogP contribution in [0.25, 0.3) is 0 Å². The number of nitrogens with one attached hydrogen (secondary N) is 2. The predicted octanol–water partition coefficient (Wildman–Crippen LogP) is 1.31. The van der Waals surface area contributed by atoms with E-state index in [1.165, 1.54) is 0 Å². The van der Waals surface area contributed by atoms with Crippen LogP contribution < -0.4 is 10.6 Å². The van der Waals surface area contributed by atoms with E-state index in [0.29, 0.717) is 10.9 Å². The number of carbonyl (C=O) groups excluding carboxylic acids is 2. The number of halogens is 2. The average molecular weight is 421 g/mol. The van der Waals surface area contributed by atoms with Crippen LogP contribution in [0.1, 0.15) is 30.6 Å². The molecular weight excluding hydrogens is 402 g/mol. The number of carbonyl (C=O) groups is 2. The molecule has 0 saturated carbocycles. The van der Waals surface area contributed by atoms with Crippen molar-refractivity contribution in [3.63, 3.8) is 0 Å². The van der Waals surface area contributed by atoms with E-state index in [-0.39, 0.29) is 23.0 Å². The fourth-order valence-electron chi connectivity index (χ4n) is 1.88. The summed E-state index contributed by atoms with van der Waals surface area (Å²) in [5, 5.41) is 22.9. The smallest absolute Gasteiger partial charge is 0.402 e. The molecule has 7 nitrogen and oxygen atoms in total. The lowest BCUT2D eigenvalue weighted by Gasteiger charge is -2.21. The fourth-order valence-corrected chi connectivity index (χ4v) is 2.45. The Morgan fingerprint density at radius 1 is 1.38 bits per heavy atom. The second-order valence-electron chi connectivity index (χ2n) is 5.45. The van der Waals surface area contributed by atoms with Crippen LogP contribution in [0.5, 0.6) is 0 Å². The van der Waals surface area contributed by atoms with E-state index in [9.17, 15) is 9.59 Å². The van der Waals surface area contributed by atoms with Crippen LogP contribution in [-0.4, -0.2) is 42.0 Å². The summed E-state index contributed by atoms with van der Waals surface area (Å²) in [6.07, 6.45) is -0.488. The molecule has 0 bridgehead atoms. The highest BCUT2D eigenvalue weighted by Crippen LogP contribution is 2.20. The maximum absolute atomic E-state index is 12.1. The molecule has 24 heavy (non-hydrogen) atoms. The van der Waals surface area contributed by atoms with Crippen LogP contribution in [0.15, 0.2) is 22.7 Å². The van der Waals surface area contributed by atoms with Crippen molar-refractivity contribution in [3.8, 4) is 0 Å². The number of hydrogen-bond donors (Lipinski definition) is 4. The zero-order valence-electron chi connectivity index (χ0n) is 13.3. The molecule has 0 heterocycles. The summed E-state index contributed by atoms with van der Waals surface area (Å²) < 4.78 is 5.48. The molecule has 1 atom stereocenters. The normalized spacial score (nSPS) is 12.0. The van der Waals surface area contributed by atoms with Crippen molar-refractivity contribution in [2.45, 2.75) is 26.5 Å². The lowest BCUT2D eigenvalue weighted by atomic mass is 10.1. The largest absolute Gasteiger partial charge is 0.635 e. The first-order chi connectivity index (χ1) is 11.2. The summed E-state index contributed by atoms with van der Waals surface area (Å²) in [7, 11) is -2.00. The molecule has 1 rings (SSSR count). The molecule has 0 spiro atoms. The van der Waals surface area contributed by atoms with Gasteiger partial charge in [0.15, 0.2) is 0 Å². The van der Waals surface area contributed by atoms with Gasteiger partial charge in [-0.1, -0.05) is 41.4 Å². The molecule has 1 aromatic rings. The van der Waals surface area contributed by atoms with Crippen molar-refractivity contribution in [2.24, 2.45) is 5.92 Å². The van der Waals surface area contributed by atoms with Gasteiger partial charge in [-0.25, -0.2) is 0 Å². The maximum Gasteiger partial charge on any atom is 0.635 e. The second kappa shape index (κ2) is 10.00. The number of amides is 2. The molecule has 4 N–H and O–H groups in total. The molecule has 132 valence electrons. The van der Waals surface area contributed by atoms with Crippen LogP contribution in [0.2, 0.25) is 5.02 Å². The molecule has 0 saturated heterocycles. The predicted molar refractivity (Wildman–Crippen MR) is 94.1 cm³/mol. The van der Waals surface area contributed by atoms with Gasteiger partial charge in [-0.2, -0.15) is 0 Å². The van der Waals surface area contributed by atoms with Crippen molar-refractivity contribution >= 4 is 46.7 Å². The summed E-state index contributed by atoms with van der Waals surface area (Å²) in [5.74, 6) is -0.871. The molecular formula is C14H19BBrClN2O5. The van der Waals surface area contributed by atoms with Crippen molar-refractivity contribution in [1.82, 2.24) is 10.6 Å². The minimum absolute atomic E-state index is 0.157. The number of benzene rings is 1. The summed E-state index contributed by atoms with van der Waals surface area (Å²) in [6.45, 7) is 3.48. The van der Waals surface area contributed by atoms with E-state index in [2.05, 4.69) is 26.6 Å². The molecule has 0 aromatic heterocycles. The topological polar surface area (TPSA) is 108 Å². The van der Waals surface area contributed by atoms with Crippen LogP contribution in [0.4, 0.5) is 0 Å². The van der Waals surface area contributed by atoms with Gasteiger partial charge in [-0.15, -0.1) is 0 Å². The first-order valence-corrected chi connectivity index (χ1v) is 8.40. The third-order valence-corrected chi connectivity index (χ3v) is 3.70. The summed E-state index contributed by atoms with van der Waals surface area (Å²) in [5.41, 5.74) is 0.236. The average Bonchev–Trinajstić information content (AvgIpc) is 2.45. The van der Waals surface area contributed by atoms with Gasteiger partial charge in [0.2, 0.25) is 5.91 Å². The Bertz CT molecular complexity index is 578. The van der Waals surface area contributed by atoms with E-state index in [1.54, 1.807) is 18.2 Å². The molecule has 0 aliphatic carbocycles. The monoisotopic (exact) mass is 420 g/mol. The Morgan fingerprint density at radius 2 is 2.04 bits per heavy atom. The van der Waals surface area contributed by atoms with Crippen molar-refractivity contribution in [2.75, 3.05) is 6.54 Å². The van der Waals surface area contributed by atoms with Crippen LogP contribution in [-0.2, 0) is 9.45 Å². The minimum Gasteiger partial charge on any atom is -0.402 e. The van der Waals surface area contributed by atoms with Gasteiger partial charge in [-0.05, 0) is 30.5 Å². The molecule has 1 aromatic carbocycles. The third-order valence-electron chi connectivity index (χ3n) is 2.88. The van der Waals surface area contributed by atoms with Crippen molar-refractivity contribution in [3.05, 3.63) is 33.3 Å². The highest BCUT2D eigenvalue weighted by Gasteiger charge is 2.21. The lowest BCUT2D eigenvalue weighted by molar-refractivity contribution is -0.123. The van der Waals surface area contributed by atoms with Gasteiger partial charge in [0.1, 0.15) is 6.23 Å². The van der Waals surface area contributed by atoms with Gasteiger partial charge in [0.05, 0.1) is 17.1 Å². The fraction of sp³-hybridized carbons (Fsp3) is 0.429. The Labute approximate surface area is 154 Å². The molecule has 2 amide bonds. The van der Waals surface area contributed by atoms with Gasteiger partial charge >= 0.3 is 7.32 Å². The molecule has 0 aliphatic heterocycles. The molecule has 10 heteroatoms. The summed E-state index contributed by atoms with van der Waals surface area (Å²) in [6, 6.07) is 4.80. The van der Waals surface area contributed by atoms with Gasteiger partial charge in [0, 0.05) is 4.47 Å². The highest BCUT2D eigenvalue weighted by molar-refractivity contribution is 9.10. The molecule has 0 radical (unpaired) electrons. The zero-order valence-corrected chi connectivity index (χ0v) is 15.6. The Kier molecular flexibility index (Phi) is 8.72. The van der Waals surface area contributed by atoms with E-state index in [0.717, 1.165) is 0 Å². The van der Waals surface area contributed by atoms with Gasteiger partial charge in [0.25, 0.3) is 5.91 Å². The Balaban J connectivity index is 2.57. The standard InChI is InChI=1S/C14H19BBrClN2O5/c1-8(2)5-13(24-15(22)23)19-12(20)7-18-14(21)10-6-9(16)3-4-11(10)17/h3-4,6,8,13,22-23H,5,7H2,1-2H3,(H,18,21)(H,19,20). The second-order valence-corrected chi connectivity index (χ2v) is 6.78. The minimum atomic E-state index is -2.00. The maximum atomic E-state index is 12.1. The van der Waals surface area contributed by atoms with E-state index in [4.69, 9.17) is 26.3 Å². The van der Waals surface area contributed by atoms with E-state index < -0.39 is 25.4 Å². The van der Waals surface area contributed by atoms with Gasteiger partial charge in [-0.3, -0.25) is 9.59 Å². The van der Waals surface area contributed by atoms with Crippen molar-refractivity contribution < 1.29 is 24.3 Å². The first-order valence-electron chi connectivity index (χ1n) is 7.23. The first kappa shape index (κ1) is 20.9. The lowest BCUT2D eigenvalue weighted by Crippen LogP contribution is -2.45. The Hall–Kier alpha value is -1.13. The summed E-state index contributed by atoms with van der Waals surface area (Å²) in [4.78, 5) is 23.9. The van der Waals surface area contributed by atoms with Crippen LogP contribution in [0, 0.1) is 5.92 Å². The quantitative estimate of drug-likeness (QED) is 0.374. The van der Waals surface area contributed by atoms with Gasteiger partial charge < -0.3 is 25.3 Å². The molecule has 0 aliphatic rings. The van der Waals surface area contributed by atoms with Crippen molar-refractivity contribution in [1.29, 1.82) is 0 Å². The van der Waals surface area contributed by atoms with Crippen LogP contribution >= 0.6 is 27.5 Å². The van der Waals surface area contributed by atoms with E-state index in [1.807, 2.05) is 13.8 Å². The number of hydrogen-bond acceptors (Lipinski definition) is 5. The SMILES string of the molecule is CC(C)CC(NC(=O)CNC(=O)c1cc(Br)ccc1Cl)OB(O)O. The Morgan fingerprint density at radius 3 is 2.62 bits per heavy atom. The molecule has 1 unspecified atom stereocenters. The third kappa shape index (κ3) is 7.63. The number of rotatable bonds is 8. The zero-order chi connectivity index (χ0) is 18.3. The molecule has 0 fully saturated rings.